The van der Waals surface area contributed by atoms with Crippen molar-refractivity contribution < 1.29 is 9.21 Å². The molecule has 1 atom stereocenters. The second-order valence-corrected chi connectivity index (χ2v) is 8.78. The van der Waals surface area contributed by atoms with Gasteiger partial charge in [-0.2, -0.15) is 0 Å². The summed E-state index contributed by atoms with van der Waals surface area (Å²) in [6, 6.07) is 8.09. The molecule has 0 radical (unpaired) electrons. The fourth-order valence-corrected chi connectivity index (χ4v) is 4.87. The van der Waals surface area contributed by atoms with Gasteiger partial charge in [-0.05, 0) is 38.3 Å². The quantitative estimate of drug-likeness (QED) is 0.417. The Labute approximate surface area is 180 Å². The summed E-state index contributed by atoms with van der Waals surface area (Å²) in [4.78, 5) is 13.1. The molecule has 30 heavy (non-hydrogen) atoms. The van der Waals surface area contributed by atoms with Gasteiger partial charge in [-0.15, -0.1) is 10.2 Å². The summed E-state index contributed by atoms with van der Waals surface area (Å²) in [6.07, 6.45) is 3.12. The van der Waals surface area contributed by atoms with E-state index in [0.717, 1.165) is 50.7 Å². The number of furan rings is 1. The summed E-state index contributed by atoms with van der Waals surface area (Å²) in [7, 11) is 0. The predicted octanol–water partition coefficient (Wildman–Crippen LogP) is 5.47. The van der Waals surface area contributed by atoms with E-state index in [1.54, 1.807) is 6.26 Å². The Morgan fingerprint density at radius 1 is 1.13 bits per heavy atom. The Hall–Kier alpha value is -2.80. The lowest BCUT2D eigenvalue weighted by Crippen LogP contribution is -2.25. The Kier molecular flexibility index (Phi) is 5.56. The number of fused-ring (bicyclic) bond motifs is 3. The van der Waals surface area contributed by atoms with Crippen LogP contribution < -0.4 is 5.32 Å². The number of rotatable bonds is 6. The first-order valence-corrected chi connectivity index (χ1v) is 11.1. The summed E-state index contributed by atoms with van der Waals surface area (Å²) in [6.45, 7) is 10.2. The minimum absolute atomic E-state index is 0.0210. The zero-order valence-corrected chi connectivity index (χ0v) is 18.8. The monoisotopic (exact) mass is 422 g/mol. The minimum Gasteiger partial charge on any atom is -0.463 e. The Bertz CT molecular complexity index is 1220. The molecule has 1 aromatic carbocycles. The molecule has 0 spiro atoms. The normalized spacial score (nSPS) is 12.6. The second-order valence-electron chi connectivity index (χ2n) is 7.59. The molecule has 4 aromatic rings. The van der Waals surface area contributed by atoms with Crippen molar-refractivity contribution in [1.82, 2.24) is 14.6 Å². The molecule has 4 rings (SSSR count). The van der Waals surface area contributed by atoms with Crippen LogP contribution in [0.5, 0.6) is 0 Å². The van der Waals surface area contributed by atoms with Crippen molar-refractivity contribution in [3.63, 3.8) is 0 Å². The third-order valence-corrected chi connectivity index (χ3v) is 6.66. The van der Waals surface area contributed by atoms with Crippen LogP contribution in [0.4, 0.5) is 5.69 Å². The molecule has 156 valence electrons. The first kappa shape index (κ1) is 20.5. The molecule has 7 heteroatoms. The zero-order chi connectivity index (χ0) is 21.4. The number of aromatic nitrogens is 3. The molecule has 0 fully saturated rings. The van der Waals surface area contributed by atoms with Crippen molar-refractivity contribution in [3.8, 4) is 0 Å². The summed E-state index contributed by atoms with van der Waals surface area (Å²) in [5.41, 5.74) is 6.92. The van der Waals surface area contributed by atoms with Gasteiger partial charge in [0.15, 0.2) is 5.58 Å². The summed E-state index contributed by atoms with van der Waals surface area (Å²) < 4.78 is 7.66. The lowest BCUT2D eigenvalue weighted by Gasteiger charge is -2.18. The van der Waals surface area contributed by atoms with Crippen LogP contribution in [0.1, 0.15) is 42.8 Å². The van der Waals surface area contributed by atoms with Gasteiger partial charge in [0.05, 0.1) is 22.5 Å². The smallest absolute Gasteiger partial charge is 0.237 e. The molecule has 0 bridgehead atoms. The van der Waals surface area contributed by atoms with Crippen LogP contribution in [-0.2, 0) is 11.2 Å². The van der Waals surface area contributed by atoms with Crippen LogP contribution in [0.2, 0.25) is 0 Å². The highest BCUT2D eigenvalue weighted by Crippen LogP contribution is 2.33. The fourth-order valence-electron chi connectivity index (χ4n) is 3.91. The number of benzene rings is 1. The zero-order valence-electron chi connectivity index (χ0n) is 17.9. The van der Waals surface area contributed by atoms with Crippen molar-refractivity contribution in [2.75, 3.05) is 5.32 Å². The molecule has 0 aliphatic heterocycles. The van der Waals surface area contributed by atoms with E-state index in [4.69, 9.17) is 4.42 Å². The molecule has 1 amide bonds. The number of aryl methyl sites for hydroxylation is 4. The molecule has 3 heterocycles. The van der Waals surface area contributed by atoms with E-state index in [0.29, 0.717) is 6.42 Å². The number of anilines is 1. The standard InChI is InChI=1S/C23H26N4O2S/c1-6-19(22(28)24-21-14(4)10-13(3)11-15(21)5)30-23-17-12-18-16(8-9-29-18)27(17)20(7-2)25-26-23/h8-12,19H,6-7H2,1-5H3,(H,24,28)/t19-/m1/s1. The van der Waals surface area contributed by atoms with Gasteiger partial charge in [-0.25, -0.2) is 0 Å². The maximum atomic E-state index is 13.1. The number of carbonyl (C=O) groups excluding carboxylic acids is 1. The van der Waals surface area contributed by atoms with Crippen molar-refractivity contribution in [2.45, 2.75) is 57.7 Å². The minimum atomic E-state index is -0.281. The largest absolute Gasteiger partial charge is 0.463 e. The van der Waals surface area contributed by atoms with E-state index in [2.05, 4.69) is 45.9 Å². The van der Waals surface area contributed by atoms with Crippen LogP contribution in [0.25, 0.3) is 16.6 Å². The van der Waals surface area contributed by atoms with E-state index in [-0.39, 0.29) is 11.2 Å². The predicted molar refractivity (Wildman–Crippen MR) is 121 cm³/mol. The third kappa shape index (κ3) is 3.58. The third-order valence-electron chi connectivity index (χ3n) is 5.32. The maximum absolute atomic E-state index is 13.1. The first-order valence-electron chi connectivity index (χ1n) is 10.2. The lowest BCUT2D eigenvalue weighted by molar-refractivity contribution is -0.115. The highest BCUT2D eigenvalue weighted by molar-refractivity contribution is 8.00. The van der Waals surface area contributed by atoms with Crippen molar-refractivity contribution in [2.24, 2.45) is 0 Å². The molecule has 0 aliphatic rings. The number of hydrogen-bond acceptors (Lipinski definition) is 5. The van der Waals surface area contributed by atoms with Gasteiger partial charge in [0.25, 0.3) is 0 Å². The second kappa shape index (κ2) is 8.14. The average molecular weight is 423 g/mol. The van der Waals surface area contributed by atoms with E-state index in [9.17, 15) is 4.79 Å². The van der Waals surface area contributed by atoms with Crippen LogP contribution in [0.15, 0.2) is 40.0 Å². The average Bonchev–Trinajstić information content (AvgIpc) is 3.30. The van der Waals surface area contributed by atoms with Gasteiger partial charge in [-0.1, -0.05) is 43.3 Å². The molecule has 0 saturated heterocycles. The molecule has 0 saturated carbocycles. The van der Waals surface area contributed by atoms with E-state index >= 15 is 0 Å². The highest BCUT2D eigenvalue weighted by atomic mass is 32.2. The molecule has 6 nitrogen and oxygen atoms in total. The molecule has 3 aromatic heterocycles. The van der Waals surface area contributed by atoms with Crippen LogP contribution in [-0.4, -0.2) is 25.8 Å². The van der Waals surface area contributed by atoms with E-state index in [1.165, 1.54) is 17.3 Å². The first-order chi connectivity index (χ1) is 14.4. The van der Waals surface area contributed by atoms with Crippen LogP contribution in [0, 0.1) is 20.8 Å². The number of hydrogen-bond donors (Lipinski definition) is 1. The summed E-state index contributed by atoms with van der Waals surface area (Å²) >= 11 is 1.45. The molecule has 1 N–H and O–H groups in total. The van der Waals surface area contributed by atoms with Gasteiger partial charge in [-0.3, -0.25) is 9.20 Å². The van der Waals surface area contributed by atoms with Crippen LogP contribution >= 0.6 is 11.8 Å². The van der Waals surface area contributed by atoms with Crippen LogP contribution in [0.3, 0.4) is 0 Å². The Balaban J connectivity index is 1.66. The number of amides is 1. The Morgan fingerprint density at radius 3 is 2.53 bits per heavy atom. The molecule has 0 aliphatic carbocycles. The van der Waals surface area contributed by atoms with E-state index in [1.807, 2.05) is 32.9 Å². The summed E-state index contributed by atoms with van der Waals surface area (Å²) in [5.74, 6) is 0.849. The number of carbonyl (C=O) groups is 1. The SMILES string of the molecule is CCc1nnc(S[C@H](CC)C(=O)Nc2c(C)cc(C)cc2C)c2cc3occc3n12. The molecular formula is C23H26N4O2S. The molecular weight excluding hydrogens is 396 g/mol. The van der Waals surface area contributed by atoms with Gasteiger partial charge < -0.3 is 9.73 Å². The highest BCUT2D eigenvalue weighted by Gasteiger charge is 2.23. The van der Waals surface area contributed by atoms with Gasteiger partial charge in [0.1, 0.15) is 10.9 Å². The Morgan fingerprint density at radius 2 is 1.87 bits per heavy atom. The van der Waals surface area contributed by atoms with Crippen molar-refractivity contribution in [3.05, 3.63) is 53.0 Å². The lowest BCUT2D eigenvalue weighted by atomic mass is 10.0. The topological polar surface area (TPSA) is 72.4 Å². The summed E-state index contributed by atoms with van der Waals surface area (Å²) in [5, 5.41) is 12.5. The van der Waals surface area contributed by atoms with Gasteiger partial charge >= 0.3 is 0 Å². The van der Waals surface area contributed by atoms with Gasteiger partial charge in [0.2, 0.25) is 5.91 Å². The maximum Gasteiger partial charge on any atom is 0.237 e. The number of thioether (sulfide) groups is 1. The fraction of sp³-hybridized carbons (Fsp3) is 0.348. The number of nitrogens with zero attached hydrogens (tertiary/aromatic N) is 3. The molecule has 0 unspecified atom stereocenters. The van der Waals surface area contributed by atoms with Gasteiger partial charge in [0, 0.05) is 24.2 Å². The van der Waals surface area contributed by atoms with Crippen molar-refractivity contribution in [1.29, 1.82) is 0 Å². The van der Waals surface area contributed by atoms with E-state index < -0.39 is 0 Å². The van der Waals surface area contributed by atoms with Crippen molar-refractivity contribution >= 4 is 40.0 Å². The number of nitrogens with one attached hydrogen (secondary N) is 1.